The van der Waals surface area contributed by atoms with Crippen molar-refractivity contribution in [2.75, 3.05) is 26.5 Å². The Bertz CT molecular complexity index is 1560. The van der Waals surface area contributed by atoms with Crippen LogP contribution in [0.15, 0.2) is 72.8 Å². The second kappa shape index (κ2) is 10.6. The summed E-state index contributed by atoms with van der Waals surface area (Å²) in [5.41, 5.74) is 10.3. The molecule has 3 aromatic carbocycles. The Balaban J connectivity index is 1.45. The summed E-state index contributed by atoms with van der Waals surface area (Å²) in [5.74, 6) is 1.38. The Morgan fingerprint density at radius 3 is 2.43 bits per heavy atom. The van der Waals surface area contributed by atoms with Crippen molar-refractivity contribution in [2.45, 2.75) is 19.4 Å². The number of carbonyl (C=O) groups is 1. The molecule has 3 N–H and O–H groups in total. The first kappa shape index (κ1) is 24.1. The molecule has 5 rings (SSSR count). The molecule has 0 aliphatic carbocycles. The Hall–Kier alpha value is -4.59. The van der Waals surface area contributed by atoms with Crippen molar-refractivity contribution in [3.63, 3.8) is 0 Å². The molecule has 5 aromatic rings. The van der Waals surface area contributed by atoms with Crippen molar-refractivity contribution in [1.29, 1.82) is 0 Å². The van der Waals surface area contributed by atoms with Crippen molar-refractivity contribution in [1.82, 2.24) is 19.9 Å². The number of ether oxygens (including phenoxy) is 2. The fraction of sp³-hybridized carbons (Fsp3) is 0.207. The Morgan fingerprint density at radius 2 is 1.65 bits per heavy atom. The third-order valence-electron chi connectivity index (χ3n) is 6.45. The van der Waals surface area contributed by atoms with Gasteiger partial charge in [0.1, 0.15) is 11.5 Å². The van der Waals surface area contributed by atoms with Gasteiger partial charge in [-0.2, -0.15) is 0 Å². The van der Waals surface area contributed by atoms with Gasteiger partial charge in [0.2, 0.25) is 5.82 Å². The molecule has 37 heavy (non-hydrogen) atoms. The molecule has 0 unspecified atom stereocenters. The number of aryl methyl sites for hydroxylation is 2. The maximum absolute atomic E-state index is 12.9. The van der Waals surface area contributed by atoms with Gasteiger partial charge < -0.3 is 25.1 Å². The third kappa shape index (κ3) is 4.91. The quantitative estimate of drug-likeness (QED) is 0.314. The summed E-state index contributed by atoms with van der Waals surface area (Å²) in [6, 6.07) is 23.9. The summed E-state index contributed by atoms with van der Waals surface area (Å²) in [7, 11) is 3.25. The van der Waals surface area contributed by atoms with E-state index in [9.17, 15) is 4.79 Å². The van der Waals surface area contributed by atoms with Gasteiger partial charge in [0.15, 0.2) is 11.5 Å². The molecule has 0 saturated carbocycles. The van der Waals surface area contributed by atoms with Crippen LogP contribution in [0, 0.1) is 0 Å². The van der Waals surface area contributed by atoms with Crippen LogP contribution < -0.4 is 20.5 Å². The summed E-state index contributed by atoms with van der Waals surface area (Å²) in [5, 5.41) is 4.63. The summed E-state index contributed by atoms with van der Waals surface area (Å²) in [4.78, 5) is 22.0. The Kier molecular flexibility index (Phi) is 6.89. The zero-order valence-electron chi connectivity index (χ0n) is 20.9. The van der Waals surface area contributed by atoms with E-state index in [-0.39, 0.29) is 11.7 Å². The van der Waals surface area contributed by atoms with E-state index in [0.29, 0.717) is 36.1 Å². The maximum Gasteiger partial charge on any atom is 0.289 e. The van der Waals surface area contributed by atoms with Crippen LogP contribution >= 0.6 is 0 Å². The van der Waals surface area contributed by atoms with Gasteiger partial charge in [0.25, 0.3) is 5.91 Å². The molecule has 8 nitrogen and oxygen atoms in total. The normalized spacial score (nSPS) is 11.1. The van der Waals surface area contributed by atoms with Gasteiger partial charge >= 0.3 is 0 Å². The average molecular weight is 496 g/mol. The number of rotatable bonds is 9. The predicted octanol–water partition coefficient (Wildman–Crippen LogP) is 4.40. The monoisotopic (exact) mass is 495 g/mol. The SMILES string of the molecule is COc1ccc(CCn2c3ccccc3c3c(N)nc(C(=O)NCCc4ccccc4)nc32)cc1OC. The lowest BCUT2D eigenvalue weighted by atomic mass is 10.1. The van der Waals surface area contributed by atoms with Gasteiger partial charge in [-0.1, -0.05) is 54.6 Å². The average Bonchev–Trinajstić information content (AvgIpc) is 3.26. The number of benzene rings is 3. The lowest BCUT2D eigenvalue weighted by Crippen LogP contribution is -2.28. The third-order valence-corrected chi connectivity index (χ3v) is 6.45. The number of nitrogens with zero attached hydrogens (tertiary/aromatic N) is 3. The van der Waals surface area contributed by atoms with E-state index >= 15 is 0 Å². The number of anilines is 1. The molecule has 0 aliphatic heterocycles. The molecular formula is C29H29N5O3. The number of nitrogens with one attached hydrogen (secondary N) is 1. The molecule has 8 heteroatoms. The first-order chi connectivity index (χ1) is 18.1. The van der Waals surface area contributed by atoms with Crippen molar-refractivity contribution >= 4 is 33.7 Å². The van der Waals surface area contributed by atoms with Crippen LogP contribution in [0.1, 0.15) is 21.7 Å². The number of para-hydroxylation sites is 1. The number of carbonyl (C=O) groups excluding carboxylic acids is 1. The highest BCUT2D eigenvalue weighted by atomic mass is 16.5. The molecular weight excluding hydrogens is 466 g/mol. The number of nitrogen functional groups attached to an aromatic ring is 1. The summed E-state index contributed by atoms with van der Waals surface area (Å²) < 4.78 is 12.9. The highest BCUT2D eigenvalue weighted by molar-refractivity contribution is 6.12. The highest BCUT2D eigenvalue weighted by Gasteiger charge is 2.19. The first-order valence-electron chi connectivity index (χ1n) is 12.2. The smallest absolute Gasteiger partial charge is 0.289 e. The number of hydrogen-bond donors (Lipinski definition) is 2. The van der Waals surface area contributed by atoms with Crippen molar-refractivity contribution in [3.05, 3.63) is 89.7 Å². The van der Waals surface area contributed by atoms with Crippen LogP contribution in [0.4, 0.5) is 5.82 Å². The van der Waals surface area contributed by atoms with E-state index in [1.807, 2.05) is 72.8 Å². The number of aromatic nitrogens is 3. The molecule has 188 valence electrons. The van der Waals surface area contributed by atoms with Gasteiger partial charge in [-0.25, -0.2) is 9.97 Å². The van der Waals surface area contributed by atoms with Gasteiger partial charge in [0, 0.05) is 18.5 Å². The molecule has 2 heterocycles. The van der Waals surface area contributed by atoms with Crippen LogP contribution in [-0.4, -0.2) is 41.2 Å². The molecule has 0 saturated heterocycles. The number of nitrogens with two attached hydrogens (primary N) is 1. The molecule has 0 atom stereocenters. The van der Waals surface area contributed by atoms with Crippen LogP contribution in [0.3, 0.4) is 0 Å². The van der Waals surface area contributed by atoms with Crippen LogP contribution in [-0.2, 0) is 19.4 Å². The Labute approximate surface area is 215 Å². The van der Waals surface area contributed by atoms with Gasteiger partial charge in [-0.15, -0.1) is 0 Å². The molecule has 0 fully saturated rings. The van der Waals surface area contributed by atoms with E-state index in [0.717, 1.165) is 40.3 Å². The van der Waals surface area contributed by atoms with E-state index < -0.39 is 0 Å². The van der Waals surface area contributed by atoms with Crippen molar-refractivity contribution in [2.24, 2.45) is 0 Å². The van der Waals surface area contributed by atoms with Crippen LogP contribution in [0.5, 0.6) is 11.5 Å². The van der Waals surface area contributed by atoms with Crippen LogP contribution in [0.2, 0.25) is 0 Å². The maximum atomic E-state index is 12.9. The highest BCUT2D eigenvalue weighted by Crippen LogP contribution is 2.32. The van der Waals surface area contributed by atoms with E-state index in [1.54, 1.807) is 14.2 Å². The van der Waals surface area contributed by atoms with E-state index in [4.69, 9.17) is 15.2 Å². The standard InChI is InChI=1S/C29H29N5O3/c1-36-23-13-12-20(18-24(23)37-2)15-17-34-22-11-7-6-10-21(22)25-26(30)32-27(33-28(25)34)29(35)31-16-14-19-8-4-3-5-9-19/h3-13,18H,14-17H2,1-2H3,(H,31,35)(H2,30,32,33). The number of fused-ring (bicyclic) bond motifs is 3. The zero-order valence-corrected chi connectivity index (χ0v) is 20.9. The number of methoxy groups -OCH3 is 2. The second-order valence-electron chi connectivity index (χ2n) is 8.73. The first-order valence-corrected chi connectivity index (χ1v) is 12.2. The topological polar surface area (TPSA) is 104 Å². The fourth-order valence-electron chi connectivity index (χ4n) is 4.60. The minimum absolute atomic E-state index is 0.0632. The molecule has 0 bridgehead atoms. The van der Waals surface area contributed by atoms with Crippen molar-refractivity contribution < 1.29 is 14.3 Å². The molecule has 2 aromatic heterocycles. The minimum atomic E-state index is -0.346. The molecule has 0 aliphatic rings. The molecule has 0 radical (unpaired) electrons. The summed E-state index contributed by atoms with van der Waals surface area (Å²) in [6.07, 6.45) is 1.44. The lowest BCUT2D eigenvalue weighted by Gasteiger charge is -2.11. The van der Waals surface area contributed by atoms with Gasteiger partial charge in [0.05, 0.1) is 25.1 Å². The minimum Gasteiger partial charge on any atom is -0.493 e. The Morgan fingerprint density at radius 1 is 0.892 bits per heavy atom. The summed E-state index contributed by atoms with van der Waals surface area (Å²) >= 11 is 0. The zero-order chi connectivity index (χ0) is 25.8. The predicted molar refractivity (Wildman–Crippen MR) is 145 cm³/mol. The van der Waals surface area contributed by atoms with Crippen LogP contribution in [0.25, 0.3) is 21.9 Å². The number of amides is 1. The molecule has 0 spiro atoms. The second-order valence-corrected chi connectivity index (χ2v) is 8.73. The van der Waals surface area contributed by atoms with Crippen molar-refractivity contribution in [3.8, 4) is 11.5 Å². The molecule has 1 amide bonds. The van der Waals surface area contributed by atoms with E-state index in [1.165, 1.54) is 0 Å². The van der Waals surface area contributed by atoms with Gasteiger partial charge in [-0.05, 0) is 42.2 Å². The lowest BCUT2D eigenvalue weighted by molar-refractivity contribution is 0.0944. The van der Waals surface area contributed by atoms with Gasteiger partial charge in [-0.3, -0.25) is 4.79 Å². The fourth-order valence-corrected chi connectivity index (χ4v) is 4.60. The number of hydrogen-bond acceptors (Lipinski definition) is 6. The summed E-state index contributed by atoms with van der Waals surface area (Å²) in [6.45, 7) is 1.11. The van der Waals surface area contributed by atoms with E-state index in [2.05, 4.69) is 19.9 Å². The largest absolute Gasteiger partial charge is 0.493 e.